The van der Waals surface area contributed by atoms with E-state index in [4.69, 9.17) is 9.84 Å². The van der Waals surface area contributed by atoms with Crippen molar-refractivity contribution in [2.45, 2.75) is 19.4 Å². The van der Waals surface area contributed by atoms with E-state index >= 15 is 0 Å². The largest absolute Gasteiger partial charge is 0.474 e. The van der Waals surface area contributed by atoms with Crippen molar-refractivity contribution in [2.24, 2.45) is 0 Å². The summed E-state index contributed by atoms with van der Waals surface area (Å²) in [6, 6.07) is 8.11. The van der Waals surface area contributed by atoms with E-state index < -0.39 is 0 Å². The topological polar surface area (TPSA) is 83.5 Å². The Morgan fingerprint density at radius 1 is 1.44 bits per heavy atom. The Morgan fingerprint density at radius 3 is 2.92 bits per heavy atom. The Labute approximate surface area is 145 Å². The van der Waals surface area contributed by atoms with Crippen molar-refractivity contribution in [2.75, 3.05) is 25.1 Å². The highest BCUT2D eigenvalue weighted by Crippen LogP contribution is 2.30. The van der Waals surface area contributed by atoms with E-state index in [0.717, 1.165) is 11.3 Å². The number of fused-ring (bicyclic) bond motifs is 1. The molecule has 3 rings (SSSR count). The fraction of sp³-hybridized carbons (Fsp3) is 0.333. The number of aliphatic hydroxyl groups is 1. The fourth-order valence-corrected chi connectivity index (χ4v) is 2.67. The van der Waals surface area contributed by atoms with Gasteiger partial charge in [-0.1, -0.05) is 12.1 Å². The molecule has 1 aliphatic rings. The number of anilines is 1. The molecular weight excluding hydrogens is 325 g/mol. The lowest BCUT2D eigenvalue weighted by Gasteiger charge is -2.25. The van der Waals surface area contributed by atoms with Crippen molar-refractivity contribution in [3.05, 3.63) is 53.0 Å². The number of ether oxygens (including phenoxy) is 1. The molecule has 3 N–H and O–H groups in total. The molecule has 0 fully saturated rings. The number of carbonyl (C=O) groups is 1. The molecule has 7 heteroatoms. The second kappa shape index (κ2) is 7.48. The molecule has 0 aliphatic carbocycles. The van der Waals surface area contributed by atoms with Gasteiger partial charge < -0.3 is 20.5 Å². The lowest BCUT2D eigenvalue weighted by Crippen LogP contribution is -2.31. The smallest absolute Gasteiger partial charge is 0.270 e. The molecule has 25 heavy (non-hydrogen) atoms. The lowest BCUT2D eigenvalue weighted by molar-refractivity contribution is 0.0937. The normalized spacial score (nSPS) is 15.7. The van der Waals surface area contributed by atoms with Crippen molar-refractivity contribution in [1.82, 2.24) is 10.3 Å². The van der Waals surface area contributed by atoms with Gasteiger partial charge >= 0.3 is 0 Å². The minimum Gasteiger partial charge on any atom is -0.474 e. The summed E-state index contributed by atoms with van der Waals surface area (Å²) in [5.74, 6) is -0.302. The van der Waals surface area contributed by atoms with E-state index in [9.17, 15) is 9.18 Å². The number of nitrogens with zero attached hydrogens (tertiary/aromatic N) is 1. The van der Waals surface area contributed by atoms with Crippen LogP contribution >= 0.6 is 0 Å². The summed E-state index contributed by atoms with van der Waals surface area (Å²) >= 11 is 0. The number of hydrogen-bond donors (Lipinski definition) is 3. The number of amides is 1. The number of rotatable bonds is 5. The molecule has 0 radical (unpaired) electrons. The van der Waals surface area contributed by atoms with Gasteiger partial charge in [0.2, 0.25) is 5.88 Å². The molecule has 1 amide bonds. The van der Waals surface area contributed by atoms with Gasteiger partial charge in [0, 0.05) is 6.54 Å². The van der Waals surface area contributed by atoms with E-state index in [0.29, 0.717) is 24.5 Å². The van der Waals surface area contributed by atoms with E-state index in [1.807, 2.05) is 13.0 Å². The minimum atomic E-state index is -0.379. The van der Waals surface area contributed by atoms with Crippen LogP contribution in [0.2, 0.25) is 0 Å². The summed E-state index contributed by atoms with van der Waals surface area (Å²) < 4.78 is 18.7. The molecule has 1 atom stereocenters. The van der Waals surface area contributed by atoms with Gasteiger partial charge in [0.25, 0.3) is 5.91 Å². The second-order valence-electron chi connectivity index (χ2n) is 5.99. The molecule has 1 aliphatic heterocycles. The zero-order valence-corrected chi connectivity index (χ0v) is 13.9. The third kappa shape index (κ3) is 4.06. The summed E-state index contributed by atoms with van der Waals surface area (Å²) in [6.07, 6.45) is 0.429. The molecule has 1 aromatic heterocycles. The second-order valence-corrected chi connectivity index (χ2v) is 5.99. The van der Waals surface area contributed by atoms with Crippen LogP contribution in [0.4, 0.5) is 10.1 Å². The molecular formula is C18H20FN3O3. The Bertz CT molecular complexity index is 765. The number of aromatic nitrogens is 1. The van der Waals surface area contributed by atoms with Crippen LogP contribution in [-0.2, 0) is 6.42 Å². The van der Waals surface area contributed by atoms with Crippen LogP contribution in [-0.4, -0.2) is 41.8 Å². The molecule has 0 unspecified atom stereocenters. The molecule has 2 heterocycles. The summed E-state index contributed by atoms with van der Waals surface area (Å²) in [5.41, 5.74) is 2.54. The number of carbonyl (C=O) groups excluding carboxylic acids is 1. The monoisotopic (exact) mass is 345 g/mol. The zero-order chi connectivity index (χ0) is 17.8. The van der Waals surface area contributed by atoms with Crippen molar-refractivity contribution < 1.29 is 19.0 Å². The molecule has 2 aromatic rings. The maximum atomic E-state index is 13.1. The summed E-state index contributed by atoms with van der Waals surface area (Å²) in [4.78, 5) is 16.8. The van der Waals surface area contributed by atoms with Crippen molar-refractivity contribution >= 4 is 11.6 Å². The van der Waals surface area contributed by atoms with Crippen LogP contribution in [0.25, 0.3) is 0 Å². The Kier molecular flexibility index (Phi) is 5.14. The van der Waals surface area contributed by atoms with Crippen LogP contribution in [0, 0.1) is 5.82 Å². The molecule has 0 saturated carbocycles. The molecule has 132 valence electrons. The van der Waals surface area contributed by atoms with Gasteiger partial charge in [-0.3, -0.25) is 4.79 Å². The highest BCUT2D eigenvalue weighted by atomic mass is 19.1. The number of nitrogens with one attached hydrogen (secondary N) is 2. The quantitative estimate of drug-likeness (QED) is 0.769. The number of benzene rings is 1. The molecule has 1 aromatic carbocycles. The van der Waals surface area contributed by atoms with Gasteiger partial charge in [-0.25, -0.2) is 9.37 Å². The fourth-order valence-electron chi connectivity index (χ4n) is 2.67. The maximum Gasteiger partial charge on any atom is 0.270 e. The van der Waals surface area contributed by atoms with Crippen LogP contribution in [0.3, 0.4) is 0 Å². The van der Waals surface area contributed by atoms with Crippen molar-refractivity contribution in [3.8, 4) is 5.88 Å². The first-order chi connectivity index (χ1) is 12.1. The molecule has 0 bridgehead atoms. The zero-order valence-electron chi connectivity index (χ0n) is 13.9. The van der Waals surface area contributed by atoms with E-state index in [1.54, 1.807) is 12.1 Å². The first-order valence-electron chi connectivity index (χ1n) is 8.13. The predicted molar refractivity (Wildman–Crippen MR) is 91.4 cm³/mol. The Morgan fingerprint density at radius 2 is 2.20 bits per heavy atom. The van der Waals surface area contributed by atoms with Crippen LogP contribution < -0.4 is 15.4 Å². The van der Waals surface area contributed by atoms with Crippen molar-refractivity contribution in [1.29, 1.82) is 0 Å². The molecule has 0 saturated heterocycles. The lowest BCUT2D eigenvalue weighted by atomic mass is 10.0. The average Bonchev–Trinajstić information content (AvgIpc) is 2.61. The SMILES string of the molecule is C[C@H]1COc2nc(C(=O)NCCO)c(Cc3ccc(F)cc3)cc2N1. The first-order valence-corrected chi connectivity index (χ1v) is 8.13. The van der Waals surface area contributed by atoms with Gasteiger partial charge in [0.1, 0.15) is 18.1 Å². The van der Waals surface area contributed by atoms with Crippen LogP contribution in [0.15, 0.2) is 30.3 Å². The van der Waals surface area contributed by atoms with E-state index in [1.165, 1.54) is 12.1 Å². The minimum absolute atomic E-state index is 0.141. The number of halogens is 1. The predicted octanol–water partition coefficient (Wildman–Crippen LogP) is 1.73. The number of pyridine rings is 1. The van der Waals surface area contributed by atoms with Crippen molar-refractivity contribution in [3.63, 3.8) is 0 Å². The molecule has 0 spiro atoms. The number of hydrogen-bond acceptors (Lipinski definition) is 5. The van der Waals surface area contributed by atoms with Crippen LogP contribution in [0.1, 0.15) is 28.5 Å². The summed E-state index contributed by atoms with van der Waals surface area (Å²) in [6.45, 7) is 2.45. The summed E-state index contributed by atoms with van der Waals surface area (Å²) in [7, 11) is 0. The standard InChI is InChI=1S/C18H20FN3O3/c1-11-10-25-18-15(21-11)9-13(8-12-2-4-14(19)5-3-12)16(22-18)17(24)20-6-7-23/h2-5,9,11,21,23H,6-8,10H2,1H3,(H,20,24)/t11-/m0/s1. The number of aliphatic hydroxyl groups excluding tert-OH is 1. The van der Waals surface area contributed by atoms with E-state index in [2.05, 4.69) is 15.6 Å². The first kappa shape index (κ1) is 17.2. The van der Waals surface area contributed by atoms with Gasteiger partial charge in [-0.15, -0.1) is 0 Å². The Balaban J connectivity index is 1.96. The highest BCUT2D eigenvalue weighted by molar-refractivity contribution is 5.94. The summed E-state index contributed by atoms with van der Waals surface area (Å²) in [5, 5.41) is 14.8. The maximum absolute atomic E-state index is 13.1. The average molecular weight is 345 g/mol. The van der Waals surface area contributed by atoms with Gasteiger partial charge in [-0.2, -0.15) is 0 Å². The van der Waals surface area contributed by atoms with Gasteiger partial charge in [0.05, 0.1) is 18.3 Å². The third-order valence-corrected chi connectivity index (χ3v) is 3.86. The van der Waals surface area contributed by atoms with Crippen LogP contribution in [0.5, 0.6) is 5.88 Å². The van der Waals surface area contributed by atoms with E-state index in [-0.39, 0.29) is 36.6 Å². The third-order valence-electron chi connectivity index (χ3n) is 3.86. The Hall–Kier alpha value is -2.67. The van der Waals surface area contributed by atoms with Gasteiger partial charge in [-0.05, 0) is 42.7 Å². The highest BCUT2D eigenvalue weighted by Gasteiger charge is 2.22. The van der Waals surface area contributed by atoms with Gasteiger partial charge in [0.15, 0.2) is 0 Å². The molecule has 6 nitrogen and oxygen atoms in total.